The Morgan fingerprint density at radius 2 is 2.11 bits per heavy atom. The van der Waals surface area contributed by atoms with Crippen molar-refractivity contribution in [3.8, 4) is 0 Å². The molecule has 6 nitrogen and oxygen atoms in total. The van der Waals surface area contributed by atoms with Crippen molar-refractivity contribution in [2.24, 2.45) is 5.92 Å². The molecular formula is C13H22N2O4. The van der Waals surface area contributed by atoms with E-state index in [1.165, 1.54) is 0 Å². The van der Waals surface area contributed by atoms with Crippen LogP contribution in [0.5, 0.6) is 0 Å². The summed E-state index contributed by atoms with van der Waals surface area (Å²) in [4.78, 5) is 35.5. The molecule has 1 aliphatic heterocycles. The van der Waals surface area contributed by atoms with Crippen LogP contribution < -0.4 is 5.32 Å². The number of carboxylic acid groups (broad SMARTS) is 1. The molecule has 0 radical (unpaired) electrons. The van der Waals surface area contributed by atoms with E-state index < -0.39 is 5.97 Å². The van der Waals surface area contributed by atoms with Crippen molar-refractivity contribution >= 4 is 17.8 Å². The van der Waals surface area contributed by atoms with Crippen LogP contribution in [0.2, 0.25) is 0 Å². The Morgan fingerprint density at radius 3 is 2.79 bits per heavy atom. The lowest BCUT2D eigenvalue weighted by Gasteiger charge is -2.20. The third kappa shape index (κ3) is 6.22. The number of likely N-dealkylation sites (tertiary alicyclic amines) is 1. The molecule has 0 aliphatic carbocycles. The Bertz CT molecular complexity index is 344. The number of rotatable bonds is 6. The zero-order chi connectivity index (χ0) is 14.3. The number of nitrogens with zero attached hydrogens (tertiary/aromatic N) is 1. The summed E-state index contributed by atoms with van der Waals surface area (Å²) in [5.74, 6) is -1.16. The monoisotopic (exact) mass is 270 g/mol. The lowest BCUT2D eigenvalue weighted by atomic mass is 10.1. The van der Waals surface area contributed by atoms with Gasteiger partial charge in [-0.1, -0.05) is 13.3 Å². The smallest absolute Gasteiger partial charge is 0.303 e. The molecule has 6 heteroatoms. The number of aliphatic carboxylic acids is 1. The molecule has 1 unspecified atom stereocenters. The quantitative estimate of drug-likeness (QED) is 0.740. The van der Waals surface area contributed by atoms with Gasteiger partial charge in [-0.05, 0) is 18.8 Å². The second-order valence-corrected chi connectivity index (χ2v) is 5.13. The van der Waals surface area contributed by atoms with Crippen molar-refractivity contribution in [3.63, 3.8) is 0 Å². The number of carboxylic acids is 1. The van der Waals surface area contributed by atoms with E-state index in [0.29, 0.717) is 19.5 Å². The molecule has 0 aromatic carbocycles. The van der Waals surface area contributed by atoms with E-state index in [1.54, 1.807) is 11.8 Å². The maximum absolute atomic E-state index is 11.7. The molecule has 2 N–H and O–H groups in total. The fourth-order valence-corrected chi connectivity index (χ4v) is 2.09. The molecule has 108 valence electrons. The van der Waals surface area contributed by atoms with E-state index in [0.717, 1.165) is 19.3 Å². The van der Waals surface area contributed by atoms with Crippen LogP contribution in [0, 0.1) is 5.92 Å². The van der Waals surface area contributed by atoms with Crippen LogP contribution in [0.4, 0.5) is 0 Å². The third-order valence-electron chi connectivity index (χ3n) is 3.18. The zero-order valence-electron chi connectivity index (χ0n) is 11.4. The highest BCUT2D eigenvalue weighted by Crippen LogP contribution is 2.10. The lowest BCUT2D eigenvalue weighted by Crippen LogP contribution is -2.41. The predicted octanol–water partition coefficient (Wildman–Crippen LogP) is 0.616. The van der Waals surface area contributed by atoms with Crippen molar-refractivity contribution < 1.29 is 19.5 Å². The van der Waals surface area contributed by atoms with Gasteiger partial charge in [0.05, 0.1) is 6.54 Å². The summed E-state index contributed by atoms with van der Waals surface area (Å²) < 4.78 is 0. The largest absolute Gasteiger partial charge is 0.481 e. The van der Waals surface area contributed by atoms with Crippen molar-refractivity contribution in [3.05, 3.63) is 0 Å². The average Bonchev–Trinajstić information content (AvgIpc) is 2.52. The van der Waals surface area contributed by atoms with E-state index in [4.69, 9.17) is 5.11 Å². The van der Waals surface area contributed by atoms with E-state index in [-0.39, 0.29) is 30.7 Å². The lowest BCUT2D eigenvalue weighted by molar-refractivity contribution is -0.138. The molecule has 1 rings (SSSR count). The number of nitrogens with one attached hydrogen (secondary N) is 1. The number of amides is 2. The van der Waals surface area contributed by atoms with Gasteiger partial charge in [0.15, 0.2) is 0 Å². The van der Waals surface area contributed by atoms with Gasteiger partial charge in [-0.15, -0.1) is 0 Å². The second-order valence-electron chi connectivity index (χ2n) is 5.13. The standard InChI is InChI=1S/C13H22N2O4/c1-10(7-13(18)19)8-14-11(16)9-15-6-4-2-3-5-12(15)17/h10H,2-9H2,1H3,(H,14,16)(H,18,19). The van der Waals surface area contributed by atoms with Crippen molar-refractivity contribution in [1.82, 2.24) is 10.2 Å². The topological polar surface area (TPSA) is 86.7 Å². The predicted molar refractivity (Wildman–Crippen MR) is 69.5 cm³/mol. The Kier molecular flexibility index (Phi) is 6.32. The fraction of sp³-hybridized carbons (Fsp3) is 0.769. The fourth-order valence-electron chi connectivity index (χ4n) is 2.09. The van der Waals surface area contributed by atoms with E-state index in [2.05, 4.69) is 5.32 Å². The summed E-state index contributed by atoms with van der Waals surface area (Å²) in [7, 11) is 0. The first-order valence-corrected chi connectivity index (χ1v) is 6.75. The summed E-state index contributed by atoms with van der Waals surface area (Å²) in [6.45, 7) is 2.81. The minimum Gasteiger partial charge on any atom is -0.481 e. The van der Waals surface area contributed by atoms with Gasteiger partial charge in [0.1, 0.15) is 0 Å². The first kappa shape index (κ1) is 15.5. The molecule has 0 saturated carbocycles. The number of carbonyl (C=O) groups excluding carboxylic acids is 2. The second kappa shape index (κ2) is 7.76. The van der Waals surface area contributed by atoms with Crippen LogP contribution in [0.15, 0.2) is 0 Å². The molecule has 2 amide bonds. The summed E-state index contributed by atoms with van der Waals surface area (Å²) in [5.41, 5.74) is 0. The molecule has 1 atom stereocenters. The van der Waals surface area contributed by atoms with Crippen LogP contribution in [0.25, 0.3) is 0 Å². The molecule has 1 heterocycles. The van der Waals surface area contributed by atoms with E-state index in [1.807, 2.05) is 0 Å². The number of carbonyl (C=O) groups is 3. The first-order valence-electron chi connectivity index (χ1n) is 6.75. The van der Waals surface area contributed by atoms with Gasteiger partial charge in [-0.2, -0.15) is 0 Å². The van der Waals surface area contributed by atoms with Gasteiger partial charge in [0, 0.05) is 25.9 Å². The van der Waals surface area contributed by atoms with Gasteiger partial charge in [-0.25, -0.2) is 0 Å². The van der Waals surface area contributed by atoms with Crippen LogP contribution >= 0.6 is 0 Å². The maximum Gasteiger partial charge on any atom is 0.303 e. The zero-order valence-corrected chi connectivity index (χ0v) is 11.4. The molecule has 0 spiro atoms. The summed E-state index contributed by atoms with van der Waals surface area (Å²) >= 11 is 0. The highest BCUT2D eigenvalue weighted by atomic mass is 16.4. The SMILES string of the molecule is CC(CNC(=O)CN1CCCCCC1=O)CC(=O)O. The minimum absolute atomic E-state index is 0.0307. The van der Waals surface area contributed by atoms with Crippen LogP contribution in [0.3, 0.4) is 0 Å². The van der Waals surface area contributed by atoms with Crippen LogP contribution in [-0.2, 0) is 14.4 Å². The Hall–Kier alpha value is -1.59. The molecular weight excluding hydrogens is 248 g/mol. The summed E-state index contributed by atoms with van der Waals surface area (Å²) in [6, 6.07) is 0. The Morgan fingerprint density at radius 1 is 1.37 bits per heavy atom. The van der Waals surface area contributed by atoms with Crippen LogP contribution in [-0.4, -0.2) is 47.4 Å². The summed E-state index contributed by atoms with van der Waals surface area (Å²) in [6.07, 6.45) is 3.41. The van der Waals surface area contributed by atoms with Gasteiger partial charge in [0.2, 0.25) is 11.8 Å². The maximum atomic E-state index is 11.7. The van der Waals surface area contributed by atoms with Crippen molar-refractivity contribution in [2.75, 3.05) is 19.6 Å². The van der Waals surface area contributed by atoms with Gasteiger partial charge >= 0.3 is 5.97 Å². The molecule has 19 heavy (non-hydrogen) atoms. The third-order valence-corrected chi connectivity index (χ3v) is 3.18. The molecule has 0 aromatic rings. The molecule has 0 aromatic heterocycles. The van der Waals surface area contributed by atoms with E-state index >= 15 is 0 Å². The highest BCUT2D eigenvalue weighted by molar-refractivity contribution is 5.84. The summed E-state index contributed by atoms with van der Waals surface area (Å²) in [5, 5.41) is 11.3. The number of hydrogen-bond donors (Lipinski definition) is 2. The van der Waals surface area contributed by atoms with E-state index in [9.17, 15) is 14.4 Å². The molecule has 1 fully saturated rings. The highest BCUT2D eigenvalue weighted by Gasteiger charge is 2.19. The van der Waals surface area contributed by atoms with Crippen molar-refractivity contribution in [1.29, 1.82) is 0 Å². The normalized spacial score (nSPS) is 17.7. The van der Waals surface area contributed by atoms with Gasteiger partial charge in [0.25, 0.3) is 0 Å². The Balaban J connectivity index is 2.29. The number of hydrogen-bond acceptors (Lipinski definition) is 3. The molecule has 1 saturated heterocycles. The minimum atomic E-state index is -0.871. The van der Waals surface area contributed by atoms with Crippen molar-refractivity contribution in [2.45, 2.75) is 39.0 Å². The van der Waals surface area contributed by atoms with Gasteiger partial charge in [-0.3, -0.25) is 14.4 Å². The van der Waals surface area contributed by atoms with Gasteiger partial charge < -0.3 is 15.3 Å². The average molecular weight is 270 g/mol. The Labute approximate surface area is 113 Å². The molecule has 1 aliphatic rings. The molecule has 0 bridgehead atoms. The van der Waals surface area contributed by atoms with Crippen LogP contribution in [0.1, 0.15) is 39.0 Å². The first-order chi connectivity index (χ1) is 8.99.